The number of pyridine rings is 1. The Morgan fingerprint density at radius 3 is 2.44 bits per heavy atom. The van der Waals surface area contributed by atoms with E-state index in [1.54, 1.807) is 43.6 Å². The summed E-state index contributed by atoms with van der Waals surface area (Å²) in [6, 6.07) is 10.5. The number of ether oxygens (including phenoxy) is 3. The standard InChI is InChI=1S/C42H46N6O11S2/c1-47-22-28(37-27(40(47)52)21-33(60-37)38(43)45-25-14-18-61(55,56)19-15-25)24-10-12-30(32(20-24)57-2)59-23-35(50)44-16-5-3-4-6-17-58-31-9-7-8-26-36(31)42(54)48(41(26)53)29-11-13-34(49)46-39(29)51/h7-10,12,20-22,25,29H,3-6,11,13-19,23H2,1-2H3,(H2,43,45)(H,44,50)(H,46,49,51). The number of thiophene rings is 1. The molecule has 2 aromatic carbocycles. The second-order valence-corrected chi connectivity index (χ2v) is 18.5. The summed E-state index contributed by atoms with van der Waals surface area (Å²) in [5.41, 5.74) is 1.53. The Kier molecular flexibility index (Phi) is 12.9. The van der Waals surface area contributed by atoms with E-state index in [0.717, 1.165) is 28.9 Å². The summed E-state index contributed by atoms with van der Waals surface area (Å²) in [7, 11) is 0.106. The Morgan fingerprint density at radius 2 is 1.69 bits per heavy atom. The highest BCUT2D eigenvalue weighted by molar-refractivity contribution is 7.91. The lowest BCUT2D eigenvalue weighted by Gasteiger charge is -2.27. The van der Waals surface area contributed by atoms with Crippen molar-refractivity contribution >= 4 is 66.6 Å². The molecule has 322 valence electrons. The van der Waals surface area contributed by atoms with Gasteiger partial charge in [-0.1, -0.05) is 25.0 Å². The van der Waals surface area contributed by atoms with Crippen molar-refractivity contribution in [3.8, 4) is 28.4 Å². The molecule has 19 heteroatoms. The number of imide groups is 2. The van der Waals surface area contributed by atoms with Gasteiger partial charge in [-0.2, -0.15) is 0 Å². The molecule has 2 aromatic heterocycles. The third-order valence-corrected chi connectivity index (χ3v) is 13.8. The molecule has 3 aliphatic rings. The zero-order valence-electron chi connectivity index (χ0n) is 33.7. The lowest BCUT2D eigenvalue weighted by Crippen LogP contribution is -2.54. The van der Waals surface area contributed by atoms with E-state index in [1.807, 2.05) is 6.07 Å². The number of amides is 5. The van der Waals surface area contributed by atoms with Crippen LogP contribution in [-0.4, -0.2) is 104 Å². The number of rotatable bonds is 16. The van der Waals surface area contributed by atoms with Crippen LogP contribution in [0.25, 0.3) is 21.2 Å². The fraction of sp³-hybridized carbons (Fsp3) is 0.405. The maximum absolute atomic E-state index is 13.3. The van der Waals surface area contributed by atoms with Crippen LogP contribution in [0.15, 0.2) is 53.5 Å². The smallest absolute Gasteiger partial charge is 0.266 e. The molecule has 0 saturated carbocycles. The van der Waals surface area contributed by atoms with Crippen molar-refractivity contribution in [2.45, 2.75) is 63.5 Å². The van der Waals surface area contributed by atoms with E-state index in [-0.39, 0.29) is 71.2 Å². The fourth-order valence-corrected chi connectivity index (χ4v) is 10.2. The molecule has 0 radical (unpaired) electrons. The van der Waals surface area contributed by atoms with Crippen LogP contribution >= 0.6 is 11.3 Å². The van der Waals surface area contributed by atoms with E-state index in [0.29, 0.717) is 65.3 Å². The van der Waals surface area contributed by atoms with Gasteiger partial charge in [0.1, 0.15) is 27.5 Å². The van der Waals surface area contributed by atoms with Crippen molar-refractivity contribution in [2.24, 2.45) is 7.05 Å². The monoisotopic (exact) mass is 874 g/mol. The van der Waals surface area contributed by atoms with Gasteiger partial charge < -0.3 is 29.4 Å². The van der Waals surface area contributed by atoms with Crippen LogP contribution in [0, 0.1) is 5.41 Å². The molecule has 0 bridgehead atoms. The number of piperidine rings is 1. The van der Waals surface area contributed by atoms with Gasteiger partial charge in [0.25, 0.3) is 23.3 Å². The number of nitrogens with zero attached hydrogens (tertiary/aromatic N) is 2. The largest absolute Gasteiger partial charge is 0.493 e. The van der Waals surface area contributed by atoms with Crippen LogP contribution in [0.5, 0.6) is 17.2 Å². The average molecular weight is 875 g/mol. The quantitative estimate of drug-likeness (QED) is 0.0550. The Bertz CT molecular complexity index is 2590. The normalized spacial score (nSPS) is 17.5. The number of hydrogen-bond acceptors (Lipinski definition) is 13. The number of aromatic nitrogens is 1. The number of carbonyl (C=O) groups is 5. The van der Waals surface area contributed by atoms with Crippen LogP contribution in [0.1, 0.15) is 77.0 Å². The second-order valence-electron chi connectivity index (χ2n) is 15.2. The van der Waals surface area contributed by atoms with E-state index in [4.69, 9.17) is 19.6 Å². The van der Waals surface area contributed by atoms with Crippen molar-refractivity contribution in [1.82, 2.24) is 25.4 Å². The topological polar surface area (TPSA) is 232 Å². The number of sulfone groups is 1. The summed E-state index contributed by atoms with van der Waals surface area (Å²) in [6.45, 7) is 0.478. The van der Waals surface area contributed by atoms with E-state index in [9.17, 15) is 37.2 Å². The van der Waals surface area contributed by atoms with Gasteiger partial charge in [-0.05, 0) is 68.0 Å². The van der Waals surface area contributed by atoms with Crippen molar-refractivity contribution < 1.29 is 46.6 Å². The molecular formula is C42H46N6O11S2. The molecule has 0 spiro atoms. The molecule has 7 rings (SSSR count). The van der Waals surface area contributed by atoms with Crippen LogP contribution in [0.2, 0.25) is 0 Å². The minimum atomic E-state index is -3.04. The summed E-state index contributed by atoms with van der Waals surface area (Å²) in [6.07, 6.45) is 5.61. The number of amidine groups is 1. The van der Waals surface area contributed by atoms with Crippen LogP contribution < -0.4 is 35.7 Å². The zero-order valence-corrected chi connectivity index (χ0v) is 35.3. The molecule has 5 amide bonds. The first-order valence-corrected chi connectivity index (χ1v) is 22.6. The van der Waals surface area contributed by atoms with Crippen LogP contribution in [0.4, 0.5) is 0 Å². The molecule has 61 heavy (non-hydrogen) atoms. The Morgan fingerprint density at radius 1 is 0.918 bits per heavy atom. The minimum absolute atomic E-state index is 0.0358. The van der Waals surface area contributed by atoms with Gasteiger partial charge in [0.2, 0.25) is 11.8 Å². The number of methoxy groups -OCH3 is 1. The number of nitrogens with one attached hydrogen (secondary N) is 4. The molecule has 1 unspecified atom stereocenters. The van der Waals surface area contributed by atoms with Crippen molar-refractivity contribution in [2.75, 3.05) is 38.4 Å². The van der Waals surface area contributed by atoms with Gasteiger partial charge in [0.05, 0.1) is 46.6 Å². The van der Waals surface area contributed by atoms with E-state index < -0.39 is 39.5 Å². The molecule has 3 aliphatic heterocycles. The van der Waals surface area contributed by atoms with Crippen molar-refractivity contribution in [3.63, 3.8) is 0 Å². The molecular weight excluding hydrogens is 829 g/mol. The molecule has 4 aromatic rings. The summed E-state index contributed by atoms with van der Waals surface area (Å²) in [5.74, 6) is -1.34. The first kappa shape index (κ1) is 43.0. The third-order valence-electron chi connectivity index (χ3n) is 10.9. The van der Waals surface area contributed by atoms with Gasteiger partial charge in [0.15, 0.2) is 18.1 Å². The number of unbranched alkanes of at least 4 members (excludes halogenated alkanes) is 3. The van der Waals surface area contributed by atoms with E-state index in [2.05, 4.69) is 16.0 Å². The van der Waals surface area contributed by atoms with Crippen LogP contribution in [-0.2, 0) is 31.3 Å². The highest BCUT2D eigenvalue weighted by atomic mass is 32.2. The highest BCUT2D eigenvalue weighted by Gasteiger charge is 2.46. The van der Waals surface area contributed by atoms with Crippen molar-refractivity contribution in [1.29, 1.82) is 5.41 Å². The maximum Gasteiger partial charge on any atom is 0.266 e. The van der Waals surface area contributed by atoms with E-state index >= 15 is 0 Å². The molecule has 2 fully saturated rings. The minimum Gasteiger partial charge on any atom is -0.493 e. The first-order valence-electron chi connectivity index (χ1n) is 20.0. The molecule has 4 N–H and O–H groups in total. The zero-order chi connectivity index (χ0) is 43.4. The summed E-state index contributed by atoms with van der Waals surface area (Å²) in [4.78, 5) is 77.5. The fourth-order valence-electron chi connectivity index (χ4n) is 7.63. The van der Waals surface area contributed by atoms with Gasteiger partial charge in [-0.3, -0.25) is 44.4 Å². The Hall–Kier alpha value is -6.08. The molecule has 0 aliphatic carbocycles. The molecule has 1 atom stereocenters. The number of carbonyl (C=O) groups excluding carboxylic acids is 5. The first-order chi connectivity index (χ1) is 29.2. The lowest BCUT2D eigenvalue weighted by atomic mass is 10.0. The number of aryl methyl sites for hydroxylation is 1. The van der Waals surface area contributed by atoms with Gasteiger partial charge in [0, 0.05) is 42.5 Å². The average Bonchev–Trinajstić information content (AvgIpc) is 3.80. The summed E-state index contributed by atoms with van der Waals surface area (Å²) < 4.78 is 43.2. The predicted octanol–water partition coefficient (Wildman–Crippen LogP) is 3.30. The van der Waals surface area contributed by atoms with Gasteiger partial charge >= 0.3 is 0 Å². The number of fused-ring (bicyclic) bond motifs is 2. The SMILES string of the molecule is COc1cc(-c2cn(C)c(=O)c3cc(C(=N)NC4CCS(=O)(=O)CC4)sc23)ccc1OCC(=O)NCCCCCCOc1cccc2c1C(=O)N(C1CCC(=O)NC1=O)C2=O. The van der Waals surface area contributed by atoms with Gasteiger partial charge in [-0.25, -0.2) is 8.42 Å². The Labute approximate surface area is 355 Å². The van der Waals surface area contributed by atoms with Crippen LogP contribution in [0.3, 0.4) is 0 Å². The second kappa shape index (κ2) is 18.3. The molecule has 2 saturated heterocycles. The van der Waals surface area contributed by atoms with Crippen molar-refractivity contribution in [3.05, 3.63) is 75.0 Å². The predicted molar refractivity (Wildman–Crippen MR) is 226 cm³/mol. The molecule has 5 heterocycles. The molecule has 17 nitrogen and oxygen atoms in total. The number of hydrogen-bond donors (Lipinski definition) is 4. The highest BCUT2D eigenvalue weighted by Crippen LogP contribution is 2.38. The number of benzene rings is 2. The summed E-state index contributed by atoms with van der Waals surface area (Å²) in [5, 5.41) is 17.3. The third kappa shape index (κ3) is 9.47. The summed E-state index contributed by atoms with van der Waals surface area (Å²) >= 11 is 1.30. The maximum atomic E-state index is 13.3. The Balaban J connectivity index is 0.861. The van der Waals surface area contributed by atoms with Gasteiger partial charge in [-0.15, -0.1) is 11.3 Å². The lowest BCUT2D eigenvalue weighted by molar-refractivity contribution is -0.136. The van der Waals surface area contributed by atoms with E-state index in [1.165, 1.54) is 29.1 Å².